The van der Waals surface area contributed by atoms with Gasteiger partial charge in [0.25, 0.3) is 0 Å². The maximum Gasteiger partial charge on any atom is 0.329 e. The molecular formula is C24H29N4O6P3S2. The number of methoxy groups -OCH3 is 1. The normalized spacial score (nSPS) is 13.3. The molecule has 0 aliphatic heterocycles. The summed E-state index contributed by atoms with van der Waals surface area (Å²) in [6, 6.07) is 21.3. The van der Waals surface area contributed by atoms with Crippen molar-refractivity contribution in [2.75, 3.05) is 21.2 Å². The van der Waals surface area contributed by atoms with Crippen LogP contribution >= 0.6 is 21.7 Å². The summed E-state index contributed by atoms with van der Waals surface area (Å²) in [6.45, 7) is 0. The minimum Gasteiger partial charge on any atom is -0.497 e. The first-order valence-corrected chi connectivity index (χ1v) is 18.2. The van der Waals surface area contributed by atoms with Crippen LogP contribution in [0.25, 0.3) is 0 Å². The third kappa shape index (κ3) is 10.9. The first-order valence-electron chi connectivity index (χ1n) is 11.4. The Balaban J connectivity index is 1.49. The van der Waals surface area contributed by atoms with Gasteiger partial charge in [-0.1, -0.05) is 12.1 Å². The smallest absolute Gasteiger partial charge is 0.329 e. The highest BCUT2D eigenvalue weighted by Crippen LogP contribution is 2.39. The number of benzene rings is 3. The van der Waals surface area contributed by atoms with Gasteiger partial charge in [-0.2, -0.15) is 10.2 Å². The van der Waals surface area contributed by atoms with Crippen LogP contribution in [0.15, 0.2) is 83.0 Å². The van der Waals surface area contributed by atoms with E-state index >= 15 is 0 Å². The van der Waals surface area contributed by atoms with Gasteiger partial charge in [0.15, 0.2) is 0 Å². The lowest BCUT2D eigenvalue weighted by Crippen LogP contribution is -2.04. The Kier molecular flexibility index (Phi) is 11.7. The van der Waals surface area contributed by atoms with E-state index in [2.05, 4.69) is 10.2 Å². The molecule has 2 atom stereocenters. The molecule has 0 amide bonds. The van der Waals surface area contributed by atoms with Crippen LogP contribution in [-0.4, -0.2) is 53.0 Å². The Labute approximate surface area is 239 Å². The molecule has 39 heavy (non-hydrogen) atoms. The molecule has 0 bridgehead atoms. The van der Waals surface area contributed by atoms with Crippen LogP contribution in [0.5, 0.6) is 17.2 Å². The van der Waals surface area contributed by atoms with Gasteiger partial charge in [0, 0.05) is 14.1 Å². The van der Waals surface area contributed by atoms with Crippen molar-refractivity contribution in [1.29, 1.82) is 0 Å². The highest BCUT2D eigenvalue weighted by molar-refractivity contribution is 8.02. The van der Waals surface area contributed by atoms with E-state index in [1.807, 2.05) is 48.5 Å². The minimum atomic E-state index is -4.12. The van der Waals surface area contributed by atoms with E-state index in [4.69, 9.17) is 47.2 Å². The average molecular weight is 627 g/mol. The zero-order valence-electron chi connectivity index (χ0n) is 21.4. The molecule has 15 heteroatoms. The van der Waals surface area contributed by atoms with E-state index < -0.39 is 21.7 Å². The van der Waals surface area contributed by atoms with Crippen molar-refractivity contribution in [3.8, 4) is 17.2 Å². The summed E-state index contributed by atoms with van der Waals surface area (Å²) in [7, 11) is -2.69. The van der Waals surface area contributed by atoms with Crippen LogP contribution in [0.4, 0.5) is 0 Å². The van der Waals surface area contributed by atoms with Gasteiger partial charge in [-0.05, 0) is 101 Å². The van der Waals surface area contributed by atoms with E-state index in [0.29, 0.717) is 17.1 Å². The second kappa shape index (κ2) is 14.7. The minimum absolute atomic E-state index is 0.323. The quantitative estimate of drug-likeness (QED) is 0.151. The second-order valence-electron chi connectivity index (χ2n) is 8.08. The first-order chi connectivity index (χ1) is 18.5. The number of rotatable bonds is 13. The van der Waals surface area contributed by atoms with Gasteiger partial charge >= 0.3 is 7.60 Å². The highest BCUT2D eigenvalue weighted by Gasteiger charge is 2.14. The van der Waals surface area contributed by atoms with Gasteiger partial charge in [0.1, 0.15) is 17.2 Å². The largest absolute Gasteiger partial charge is 0.497 e. The molecule has 10 nitrogen and oxygen atoms in total. The van der Waals surface area contributed by atoms with Gasteiger partial charge in [0.2, 0.25) is 14.1 Å². The molecule has 0 heterocycles. The number of hydrazone groups is 2. The standard InChI is InChI=1S/C24H29N4O6P3S2/c1-27(25-16-19-4-10-22(32-3)11-5-19)35(38)33-23-12-6-20(7-13-23)17-26-28(2)36(39)34-24-14-8-21(9-15-24)18-37(29,30)31/h4-17,35-36H,18H2,1-3H3,(H2,29,30,31)/b25-16+,26-17+. The van der Waals surface area contributed by atoms with Gasteiger partial charge in [-0.3, -0.25) is 4.57 Å². The van der Waals surface area contributed by atoms with Crippen molar-refractivity contribution in [3.63, 3.8) is 0 Å². The summed E-state index contributed by atoms with van der Waals surface area (Å²) in [4.78, 5) is 18.2. The van der Waals surface area contributed by atoms with Gasteiger partial charge in [-0.25, -0.2) is 9.56 Å². The molecule has 208 valence electrons. The molecule has 3 rings (SSSR count). The summed E-state index contributed by atoms with van der Waals surface area (Å²) < 4.78 is 31.2. The van der Waals surface area contributed by atoms with E-state index in [9.17, 15) is 4.57 Å². The van der Waals surface area contributed by atoms with Crippen molar-refractivity contribution >= 4 is 57.8 Å². The first kappa shape index (κ1) is 31.0. The maximum absolute atomic E-state index is 11.1. The SMILES string of the molecule is COc1ccc(/C=N/N(C)[PH](=S)Oc2ccc(/C=N/N(C)[PH](=S)Oc3ccc(CP(=O)(O)O)cc3)cc2)cc1. The molecular weight excluding hydrogens is 597 g/mol. The predicted molar refractivity (Wildman–Crippen MR) is 165 cm³/mol. The molecule has 0 aromatic heterocycles. The third-order valence-electron chi connectivity index (χ3n) is 5.01. The zero-order valence-corrected chi connectivity index (χ0v) is 25.9. The lowest BCUT2D eigenvalue weighted by molar-refractivity contribution is 0.371. The summed E-state index contributed by atoms with van der Waals surface area (Å²) in [6.07, 6.45) is 3.06. The number of hydrogen-bond acceptors (Lipinski definition) is 8. The molecule has 2 N–H and O–H groups in total. The van der Waals surface area contributed by atoms with Crippen molar-refractivity contribution in [1.82, 2.24) is 9.56 Å². The Morgan fingerprint density at radius 1 is 0.769 bits per heavy atom. The Morgan fingerprint density at radius 3 is 1.54 bits per heavy atom. The Morgan fingerprint density at radius 2 is 1.15 bits per heavy atom. The molecule has 0 saturated carbocycles. The topological polar surface area (TPSA) is 116 Å². The predicted octanol–water partition coefficient (Wildman–Crippen LogP) is 5.07. The second-order valence-corrected chi connectivity index (χ2v) is 14.6. The summed E-state index contributed by atoms with van der Waals surface area (Å²) in [5, 5.41) is 8.75. The van der Waals surface area contributed by atoms with Crippen LogP contribution in [0.1, 0.15) is 16.7 Å². The molecule has 0 fully saturated rings. The maximum atomic E-state index is 11.1. The van der Waals surface area contributed by atoms with Crippen LogP contribution < -0.4 is 13.8 Å². The third-order valence-corrected chi connectivity index (χ3v) is 9.98. The lowest BCUT2D eigenvalue weighted by Gasteiger charge is -2.17. The summed E-state index contributed by atoms with van der Waals surface area (Å²) in [5.74, 6) is 1.92. The number of hydrogen-bond donors (Lipinski definition) is 2. The Bertz CT molecular complexity index is 1380. The van der Waals surface area contributed by atoms with Gasteiger partial charge < -0.3 is 23.6 Å². The van der Waals surface area contributed by atoms with E-state index in [0.717, 1.165) is 16.9 Å². The van der Waals surface area contributed by atoms with Crippen LogP contribution in [0.3, 0.4) is 0 Å². The number of nitrogens with zero attached hydrogens (tertiary/aromatic N) is 4. The fraction of sp³-hybridized carbons (Fsp3) is 0.167. The van der Waals surface area contributed by atoms with Crippen molar-refractivity contribution in [2.24, 2.45) is 10.2 Å². The molecule has 2 unspecified atom stereocenters. The molecule has 0 aliphatic rings. The molecule has 3 aromatic carbocycles. The fourth-order valence-electron chi connectivity index (χ4n) is 2.95. The average Bonchev–Trinajstić information content (AvgIpc) is 2.91. The summed E-state index contributed by atoms with van der Waals surface area (Å²) in [5.41, 5.74) is 2.28. The monoisotopic (exact) mass is 626 g/mol. The van der Waals surface area contributed by atoms with Crippen molar-refractivity contribution in [2.45, 2.75) is 6.16 Å². The van der Waals surface area contributed by atoms with E-state index in [1.165, 1.54) is 0 Å². The molecule has 0 aliphatic carbocycles. The summed E-state index contributed by atoms with van der Waals surface area (Å²) >= 11 is 11.0. The van der Waals surface area contributed by atoms with Gasteiger partial charge in [0.05, 0.1) is 25.7 Å². The van der Waals surface area contributed by atoms with E-state index in [-0.39, 0.29) is 6.16 Å². The van der Waals surface area contributed by atoms with E-state index in [1.54, 1.807) is 67.5 Å². The van der Waals surface area contributed by atoms with Crippen molar-refractivity contribution in [3.05, 3.63) is 89.5 Å². The lowest BCUT2D eigenvalue weighted by atomic mass is 10.2. The van der Waals surface area contributed by atoms with Crippen LogP contribution in [0, 0.1) is 0 Å². The molecule has 0 spiro atoms. The molecule has 3 aromatic rings. The highest BCUT2D eigenvalue weighted by atomic mass is 32.4. The number of ether oxygens (including phenoxy) is 1. The van der Waals surface area contributed by atoms with Crippen molar-refractivity contribution < 1.29 is 28.1 Å². The van der Waals surface area contributed by atoms with Crippen LogP contribution in [0.2, 0.25) is 0 Å². The fourth-order valence-corrected chi connectivity index (χ4v) is 5.74. The Hall–Kier alpha value is -2.55. The van der Waals surface area contributed by atoms with Crippen LogP contribution in [-0.2, 0) is 34.3 Å². The molecule has 0 saturated heterocycles. The zero-order chi connectivity index (χ0) is 28.4. The van der Waals surface area contributed by atoms with Gasteiger partial charge in [-0.15, -0.1) is 0 Å². The molecule has 0 radical (unpaired) electrons.